The molecule has 2 nitrogen and oxygen atoms in total. The largest absolute Gasteiger partial charge is 0.469 e. The highest BCUT2D eigenvalue weighted by Gasteiger charge is 2.36. The van der Waals surface area contributed by atoms with Gasteiger partial charge in [0.1, 0.15) is 5.76 Å². The minimum absolute atomic E-state index is 0.312. The molecule has 1 aromatic heterocycles. The molecule has 0 saturated heterocycles. The van der Waals surface area contributed by atoms with Crippen molar-refractivity contribution < 1.29 is 8.84 Å². The summed E-state index contributed by atoms with van der Waals surface area (Å²) >= 11 is 0. The van der Waals surface area contributed by atoms with Gasteiger partial charge in [0, 0.05) is 13.0 Å². The highest BCUT2D eigenvalue weighted by Crippen LogP contribution is 2.36. The monoisotopic (exact) mass is 282 g/mol. The fourth-order valence-electron chi connectivity index (χ4n) is 1.85. The van der Waals surface area contributed by atoms with Crippen LogP contribution in [-0.4, -0.2) is 14.9 Å². The summed E-state index contributed by atoms with van der Waals surface area (Å²) in [6.45, 7) is 14.7. The standard InChI is InChI=1S/C16H30O2Si/c1-14(13-15-10-8-11-17-15)9-7-12-18-19(5,6)16(2,3)4/h8,10-11,14H,7,9,12-13H2,1-6H3/t14-/m0/s1. The third-order valence-electron chi connectivity index (χ3n) is 4.24. The summed E-state index contributed by atoms with van der Waals surface area (Å²) in [5.41, 5.74) is 0. The lowest BCUT2D eigenvalue weighted by atomic mass is 10.0. The summed E-state index contributed by atoms with van der Waals surface area (Å²) < 4.78 is 11.6. The van der Waals surface area contributed by atoms with Crippen LogP contribution in [0.1, 0.15) is 46.3 Å². The summed E-state index contributed by atoms with van der Waals surface area (Å²) in [5.74, 6) is 1.76. The van der Waals surface area contributed by atoms with Crippen LogP contribution in [0.15, 0.2) is 22.8 Å². The van der Waals surface area contributed by atoms with E-state index in [4.69, 9.17) is 8.84 Å². The lowest BCUT2D eigenvalue weighted by Gasteiger charge is -2.36. The zero-order valence-electron chi connectivity index (χ0n) is 13.5. The van der Waals surface area contributed by atoms with Gasteiger partial charge in [-0.15, -0.1) is 0 Å². The molecule has 3 heteroatoms. The molecule has 1 aromatic rings. The first-order chi connectivity index (χ1) is 8.72. The van der Waals surface area contributed by atoms with Gasteiger partial charge in [0.2, 0.25) is 0 Å². The molecule has 0 spiro atoms. The van der Waals surface area contributed by atoms with Crippen LogP contribution < -0.4 is 0 Å². The van der Waals surface area contributed by atoms with Gasteiger partial charge in [-0.05, 0) is 49.0 Å². The van der Waals surface area contributed by atoms with Crippen LogP contribution in [0.3, 0.4) is 0 Å². The zero-order chi connectivity index (χ0) is 14.5. The van der Waals surface area contributed by atoms with Crippen molar-refractivity contribution in [1.29, 1.82) is 0 Å². The molecular formula is C16H30O2Si. The maximum Gasteiger partial charge on any atom is 0.191 e. The summed E-state index contributed by atoms with van der Waals surface area (Å²) in [4.78, 5) is 0. The van der Waals surface area contributed by atoms with Crippen molar-refractivity contribution in [2.24, 2.45) is 5.92 Å². The van der Waals surface area contributed by atoms with Crippen molar-refractivity contribution in [3.63, 3.8) is 0 Å². The maximum atomic E-state index is 6.19. The molecule has 110 valence electrons. The van der Waals surface area contributed by atoms with Gasteiger partial charge in [-0.25, -0.2) is 0 Å². The van der Waals surface area contributed by atoms with E-state index >= 15 is 0 Å². The Kier molecular flexibility index (Phi) is 5.87. The van der Waals surface area contributed by atoms with Crippen LogP contribution in [0, 0.1) is 5.92 Å². The van der Waals surface area contributed by atoms with Crippen molar-refractivity contribution in [3.05, 3.63) is 24.2 Å². The fourth-order valence-corrected chi connectivity index (χ4v) is 2.94. The van der Waals surface area contributed by atoms with Crippen LogP contribution in [-0.2, 0) is 10.8 Å². The van der Waals surface area contributed by atoms with Crippen molar-refractivity contribution in [1.82, 2.24) is 0 Å². The zero-order valence-corrected chi connectivity index (χ0v) is 14.5. The first-order valence-corrected chi connectivity index (χ1v) is 10.3. The molecule has 1 rings (SSSR count). The van der Waals surface area contributed by atoms with Gasteiger partial charge in [0.25, 0.3) is 0 Å². The minimum Gasteiger partial charge on any atom is -0.469 e. The van der Waals surface area contributed by atoms with E-state index in [0.717, 1.165) is 25.2 Å². The molecule has 1 heterocycles. The minimum atomic E-state index is -1.56. The second-order valence-electron chi connectivity index (χ2n) is 7.14. The van der Waals surface area contributed by atoms with Crippen molar-refractivity contribution in [3.8, 4) is 0 Å². The van der Waals surface area contributed by atoms with Gasteiger partial charge >= 0.3 is 0 Å². The molecule has 0 amide bonds. The van der Waals surface area contributed by atoms with E-state index in [0.29, 0.717) is 11.0 Å². The number of hydrogen-bond donors (Lipinski definition) is 0. The number of furan rings is 1. The van der Waals surface area contributed by atoms with Crippen molar-refractivity contribution >= 4 is 8.32 Å². The normalized spacial score (nSPS) is 14.6. The number of rotatable bonds is 7. The van der Waals surface area contributed by atoms with Gasteiger partial charge in [0.15, 0.2) is 8.32 Å². The van der Waals surface area contributed by atoms with Crippen LogP contribution in [0.2, 0.25) is 18.1 Å². The Morgan fingerprint density at radius 3 is 2.53 bits per heavy atom. The van der Waals surface area contributed by atoms with E-state index in [1.807, 2.05) is 6.07 Å². The molecule has 0 aliphatic rings. The van der Waals surface area contributed by atoms with Crippen LogP contribution in [0.5, 0.6) is 0 Å². The smallest absolute Gasteiger partial charge is 0.191 e. The predicted octanol–water partition coefficient (Wildman–Crippen LogP) is 5.26. The predicted molar refractivity (Wildman–Crippen MR) is 84.0 cm³/mol. The van der Waals surface area contributed by atoms with E-state index < -0.39 is 8.32 Å². The molecule has 0 unspecified atom stereocenters. The Morgan fingerprint density at radius 2 is 2.00 bits per heavy atom. The molecule has 0 aromatic carbocycles. The van der Waals surface area contributed by atoms with Crippen molar-refractivity contribution in [2.75, 3.05) is 6.61 Å². The highest BCUT2D eigenvalue weighted by atomic mass is 28.4. The highest BCUT2D eigenvalue weighted by molar-refractivity contribution is 6.74. The third kappa shape index (κ3) is 5.53. The lowest BCUT2D eigenvalue weighted by Crippen LogP contribution is -2.41. The lowest BCUT2D eigenvalue weighted by molar-refractivity contribution is 0.268. The molecule has 0 saturated carbocycles. The Hall–Kier alpha value is -0.543. The van der Waals surface area contributed by atoms with Gasteiger partial charge in [-0.1, -0.05) is 27.7 Å². The first kappa shape index (κ1) is 16.5. The molecular weight excluding hydrogens is 252 g/mol. The van der Waals surface area contributed by atoms with Gasteiger partial charge in [-0.2, -0.15) is 0 Å². The summed E-state index contributed by atoms with van der Waals surface area (Å²) in [5, 5.41) is 0.312. The van der Waals surface area contributed by atoms with Crippen LogP contribution in [0.4, 0.5) is 0 Å². The molecule has 0 radical (unpaired) electrons. The van der Waals surface area contributed by atoms with Gasteiger partial charge in [0.05, 0.1) is 6.26 Å². The Morgan fingerprint density at radius 1 is 1.32 bits per heavy atom. The first-order valence-electron chi connectivity index (χ1n) is 7.39. The second kappa shape index (κ2) is 6.75. The van der Waals surface area contributed by atoms with Gasteiger partial charge < -0.3 is 8.84 Å². The van der Waals surface area contributed by atoms with E-state index in [9.17, 15) is 0 Å². The fraction of sp³-hybridized carbons (Fsp3) is 0.750. The molecule has 0 aliphatic heterocycles. The quantitative estimate of drug-likeness (QED) is 0.503. The molecule has 19 heavy (non-hydrogen) atoms. The summed E-state index contributed by atoms with van der Waals surface area (Å²) in [6, 6.07) is 4.02. The molecule has 1 atom stereocenters. The Bertz CT molecular complexity index is 349. The van der Waals surface area contributed by atoms with E-state index in [2.05, 4.69) is 46.9 Å². The summed E-state index contributed by atoms with van der Waals surface area (Å²) in [6.07, 6.45) is 5.14. The summed E-state index contributed by atoms with van der Waals surface area (Å²) in [7, 11) is -1.56. The number of hydrogen-bond acceptors (Lipinski definition) is 2. The molecule has 0 aliphatic carbocycles. The van der Waals surface area contributed by atoms with E-state index in [1.54, 1.807) is 6.26 Å². The second-order valence-corrected chi connectivity index (χ2v) is 11.9. The Labute approximate surface area is 119 Å². The molecule has 0 N–H and O–H groups in total. The topological polar surface area (TPSA) is 22.4 Å². The van der Waals surface area contributed by atoms with E-state index in [-0.39, 0.29) is 0 Å². The van der Waals surface area contributed by atoms with Crippen LogP contribution >= 0.6 is 0 Å². The molecule has 0 fully saturated rings. The van der Waals surface area contributed by atoms with Crippen molar-refractivity contribution in [2.45, 2.75) is 65.1 Å². The SMILES string of the molecule is C[C@@H](CCCO[Si](C)(C)C(C)(C)C)Cc1ccco1. The Balaban J connectivity index is 2.20. The molecule has 0 bridgehead atoms. The maximum absolute atomic E-state index is 6.19. The third-order valence-corrected chi connectivity index (χ3v) is 8.78. The van der Waals surface area contributed by atoms with Crippen LogP contribution in [0.25, 0.3) is 0 Å². The average Bonchev–Trinajstić information content (AvgIpc) is 2.75. The average molecular weight is 282 g/mol. The van der Waals surface area contributed by atoms with E-state index in [1.165, 1.54) is 6.42 Å². The van der Waals surface area contributed by atoms with Gasteiger partial charge in [-0.3, -0.25) is 0 Å².